The van der Waals surface area contributed by atoms with Crippen LogP contribution < -0.4 is 9.47 Å². The summed E-state index contributed by atoms with van der Waals surface area (Å²) in [6.45, 7) is 0. The number of carbonyl (C=O) groups is 1. The summed E-state index contributed by atoms with van der Waals surface area (Å²) in [6, 6.07) is 4.15. The summed E-state index contributed by atoms with van der Waals surface area (Å²) in [5.41, 5.74) is 0.0426. The van der Waals surface area contributed by atoms with Crippen LogP contribution in [0, 0.1) is 0 Å². The number of hydrogen-bond donors (Lipinski definition) is 0. The molecule has 0 aliphatic heterocycles. The van der Waals surface area contributed by atoms with E-state index in [0.29, 0.717) is 11.5 Å². The molecule has 1 aromatic carbocycles. The van der Waals surface area contributed by atoms with E-state index in [-0.39, 0.29) is 5.56 Å². The second-order valence-electron chi connectivity index (χ2n) is 2.59. The van der Waals surface area contributed by atoms with Crippen molar-refractivity contribution in [1.29, 1.82) is 0 Å². The fourth-order valence-electron chi connectivity index (χ4n) is 1.06. The van der Waals surface area contributed by atoms with Crippen LogP contribution in [0.4, 0.5) is 0 Å². The number of methoxy groups -OCH3 is 2. The van der Waals surface area contributed by atoms with Crippen LogP contribution in [0.3, 0.4) is 0 Å². The maximum atomic E-state index is 11.1. The van der Waals surface area contributed by atoms with Crippen molar-refractivity contribution in [1.82, 2.24) is 0 Å². The lowest BCUT2D eigenvalue weighted by atomic mass is 10.2. The van der Waals surface area contributed by atoms with Crippen LogP contribution in [0.1, 0.15) is 10.4 Å². The fourth-order valence-corrected chi connectivity index (χ4v) is 1.38. The first-order valence-corrected chi connectivity index (χ1v) is 5.03. The minimum Gasteiger partial charge on any atom is -0.766 e. The molecule has 0 radical (unpaired) electrons. The van der Waals surface area contributed by atoms with E-state index < -0.39 is 16.2 Å². The van der Waals surface area contributed by atoms with E-state index in [1.807, 2.05) is 0 Å². The molecule has 0 aliphatic carbocycles. The minimum atomic E-state index is -2.77. The quantitative estimate of drug-likeness (QED) is 0.714. The highest BCUT2D eigenvalue weighted by Crippen LogP contribution is 2.27. The van der Waals surface area contributed by atoms with Gasteiger partial charge in [-0.1, -0.05) is 0 Å². The largest absolute Gasteiger partial charge is 0.766 e. The standard InChI is InChI=1S/C9H10O5S/c1-13-7-4-3-6(5-8(7)14-2)9(10)15(11)12/h3-5H,1-2H3,(H,11,12)/p-1. The summed E-state index contributed by atoms with van der Waals surface area (Å²) in [5.74, 6) is 0.750. The fraction of sp³-hybridized carbons (Fsp3) is 0.222. The highest BCUT2D eigenvalue weighted by atomic mass is 32.2. The molecular weight excluding hydrogens is 220 g/mol. The Kier molecular flexibility index (Phi) is 3.81. The van der Waals surface area contributed by atoms with Gasteiger partial charge in [0.25, 0.3) is 0 Å². The van der Waals surface area contributed by atoms with Gasteiger partial charge in [-0.05, 0) is 18.2 Å². The molecule has 5 nitrogen and oxygen atoms in total. The summed E-state index contributed by atoms with van der Waals surface area (Å²) in [7, 11) is 2.85. The van der Waals surface area contributed by atoms with Crippen LogP contribution in [-0.4, -0.2) is 28.1 Å². The molecular formula is C9H9O5S-. The Labute approximate surface area is 89.3 Å². The number of benzene rings is 1. The van der Waals surface area contributed by atoms with Crippen molar-refractivity contribution in [2.45, 2.75) is 0 Å². The van der Waals surface area contributed by atoms with E-state index in [0.717, 1.165) is 0 Å². The molecule has 82 valence electrons. The van der Waals surface area contributed by atoms with Crippen LogP contribution in [0.5, 0.6) is 11.5 Å². The third kappa shape index (κ3) is 2.54. The Balaban J connectivity index is 3.13. The molecule has 0 saturated carbocycles. The summed E-state index contributed by atoms with van der Waals surface area (Å²) >= 11 is -2.77. The van der Waals surface area contributed by atoms with Crippen LogP contribution in [0.15, 0.2) is 18.2 Å². The first-order chi connectivity index (χ1) is 7.10. The monoisotopic (exact) mass is 229 g/mol. The van der Waals surface area contributed by atoms with Gasteiger partial charge in [0.1, 0.15) is 0 Å². The lowest BCUT2D eigenvalue weighted by Crippen LogP contribution is -2.06. The molecule has 0 heterocycles. The van der Waals surface area contributed by atoms with Crippen LogP contribution in [0.25, 0.3) is 0 Å². The van der Waals surface area contributed by atoms with Crippen molar-refractivity contribution in [3.63, 3.8) is 0 Å². The van der Waals surface area contributed by atoms with Crippen molar-refractivity contribution in [3.05, 3.63) is 23.8 Å². The zero-order valence-corrected chi connectivity index (χ0v) is 9.00. The molecule has 1 aromatic rings. The number of carbonyl (C=O) groups excluding carboxylic acids is 1. The number of rotatable bonds is 3. The first-order valence-electron chi connectivity index (χ1n) is 3.95. The molecule has 1 unspecified atom stereocenters. The third-order valence-electron chi connectivity index (χ3n) is 1.77. The topological polar surface area (TPSA) is 75.7 Å². The van der Waals surface area contributed by atoms with Crippen molar-refractivity contribution in [3.8, 4) is 11.5 Å². The maximum absolute atomic E-state index is 11.1. The van der Waals surface area contributed by atoms with E-state index in [4.69, 9.17) is 9.47 Å². The SMILES string of the molecule is COc1ccc(C(=O)S(=O)[O-])cc1OC. The van der Waals surface area contributed by atoms with E-state index >= 15 is 0 Å². The van der Waals surface area contributed by atoms with Crippen LogP contribution >= 0.6 is 0 Å². The van der Waals surface area contributed by atoms with Crippen molar-refractivity contribution in [2.24, 2.45) is 0 Å². The van der Waals surface area contributed by atoms with Gasteiger partial charge < -0.3 is 14.0 Å². The number of hydrogen-bond acceptors (Lipinski definition) is 5. The molecule has 15 heavy (non-hydrogen) atoms. The summed E-state index contributed by atoms with van der Waals surface area (Å²) in [5, 5.41) is -0.976. The molecule has 0 spiro atoms. The van der Waals surface area contributed by atoms with Crippen molar-refractivity contribution < 1.29 is 23.0 Å². The molecule has 1 rings (SSSR count). The predicted octanol–water partition coefficient (Wildman–Crippen LogP) is 0.723. The zero-order valence-electron chi connectivity index (χ0n) is 8.18. The summed E-state index contributed by atoms with van der Waals surface area (Å²) in [4.78, 5) is 11.1. The molecule has 0 fully saturated rings. The molecule has 0 aliphatic rings. The Morgan fingerprint density at radius 3 is 2.33 bits per heavy atom. The van der Waals surface area contributed by atoms with Crippen molar-refractivity contribution >= 4 is 16.2 Å². The lowest BCUT2D eigenvalue weighted by Gasteiger charge is -2.09. The smallest absolute Gasteiger partial charge is 0.236 e. The summed E-state index contributed by atoms with van der Waals surface area (Å²) in [6.07, 6.45) is 0. The second kappa shape index (κ2) is 4.90. The Morgan fingerprint density at radius 1 is 1.27 bits per heavy atom. The molecule has 0 bridgehead atoms. The van der Waals surface area contributed by atoms with Gasteiger partial charge in [0.15, 0.2) is 11.5 Å². The lowest BCUT2D eigenvalue weighted by molar-refractivity contribution is 0.107. The molecule has 1 atom stereocenters. The average Bonchev–Trinajstić information content (AvgIpc) is 2.26. The van der Waals surface area contributed by atoms with Gasteiger partial charge in [-0.3, -0.25) is 9.00 Å². The summed E-state index contributed by atoms with van der Waals surface area (Å²) < 4.78 is 30.7. The van der Waals surface area contributed by atoms with Gasteiger partial charge >= 0.3 is 0 Å². The molecule has 0 N–H and O–H groups in total. The van der Waals surface area contributed by atoms with Crippen molar-refractivity contribution in [2.75, 3.05) is 14.2 Å². The van der Waals surface area contributed by atoms with Crippen LogP contribution in [-0.2, 0) is 11.1 Å². The van der Waals surface area contributed by atoms with Gasteiger partial charge in [0.2, 0.25) is 5.12 Å². The van der Waals surface area contributed by atoms with E-state index in [2.05, 4.69) is 0 Å². The Hall–Kier alpha value is -1.40. The van der Waals surface area contributed by atoms with Crippen LogP contribution in [0.2, 0.25) is 0 Å². The van der Waals surface area contributed by atoms with Gasteiger partial charge in [-0.25, -0.2) is 0 Å². The average molecular weight is 229 g/mol. The van der Waals surface area contributed by atoms with Gasteiger partial charge in [-0.2, -0.15) is 0 Å². The molecule has 0 saturated heterocycles. The normalized spacial score (nSPS) is 11.9. The number of ether oxygens (including phenoxy) is 2. The Morgan fingerprint density at radius 2 is 1.87 bits per heavy atom. The predicted molar refractivity (Wildman–Crippen MR) is 52.8 cm³/mol. The zero-order chi connectivity index (χ0) is 11.4. The Bertz CT molecular complexity index is 401. The maximum Gasteiger partial charge on any atom is 0.236 e. The van der Waals surface area contributed by atoms with Gasteiger partial charge in [-0.15, -0.1) is 0 Å². The molecule has 6 heteroatoms. The first kappa shape index (κ1) is 11.7. The third-order valence-corrected chi connectivity index (χ3v) is 2.31. The van der Waals surface area contributed by atoms with Gasteiger partial charge in [0.05, 0.1) is 14.2 Å². The second-order valence-corrected chi connectivity index (χ2v) is 3.43. The van der Waals surface area contributed by atoms with E-state index in [1.54, 1.807) is 0 Å². The van der Waals surface area contributed by atoms with Gasteiger partial charge in [0, 0.05) is 16.6 Å². The molecule has 0 amide bonds. The highest BCUT2D eigenvalue weighted by molar-refractivity contribution is 7.95. The highest BCUT2D eigenvalue weighted by Gasteiger charge is 2.10. The van der Waals surface area contributed by atoms with E-state index in [9.17, 15) is 13.6 Å². The molecule has 0 aromatic heterocycles. The minimum absolute atomic E-state index is 0.0426. The van der Waals surface area contributed by atoms with E-state index in [1.165, 1.54) is 32.4 Å².